The van der Waals surface area contributed by atoms with Crippen LogP contribution in [0.25, 0.3) is 0 Å². The average Bonchev–Trinajstić information content (AvgIpc) is 3.45. The molecular formula is C73H132O6. The van der Waals surface area contributed by atoms with Crippen LogP contribution in [-0.4, -0.2) is 37.2 Å². The number of carbonyl (C=O) groups is 3. The van der Waals surface area contributed by atoms with Crippen molar-refractivity contribution in [3.63, 3.8) is 0 Å². The Hall–Kier alpha value is -2.89. The van der Waals surface area contributed by atoms with Crippen molar-refractivity contribution in [1.82, 2.24) is 0 Å². The molecule has 0 rings (SSSR count). The Morgan fingerprint density at radius 3 is 0.709 bits per heavy atom. The second-order valence-corrected chi connectivity index (χ2v) is 23.4. The summed E-state index contributed by atoms with van der Waals surface area (Å²) < 4.78 is 16.9. The molecule has 0 aliphatic rings. The molecule has 460 valence electrons. The van der Waals surface area contributed by atoms with Crippen LogP contribution < -0.4 is 0 Å². The summed E-state index contributed by atoms with van der Waals surface area (Å²) in [6.45, 7) is 6.62. The lowest BCUT2D eigenvalue weighted by molar-refractivity contribution is -0.167. The molecule has 0 aromatic carbocycles. The molecule has 79 heavy (non-hydrogen) atoms. The summed E-state index contributed by atoms with van der Waals surface area (Å²) in [6, 6.07) is 0. The molecule has 0 aromatic rings. The van der Waals surface area contributed by atoms with Crippen molar-refractivity contribution in [3.8, 4) is 0 Å². The van der Waals surface area contributed by atoms with E-state index in [0.717, 1.165) is 77.0 Å². The molecule has 0 bridgehead atoms. The van der Waals surface area contributed by atoms with E-state index in [9.17, 15) is 14.4 Å². The van der Waals surface area contributed by atoms with Crippen molar-refractivity contribution in [2.75, 3.05) is 13.2 Å². The van der Waals surface area contributed by atoms with Crippen LogP contribution >= 0.6 is 0 Å². The molecule has 1 unspecified atom stereocenters. The fraction of sp³-hybridized carbons (Fsp3) is 0.822. The summed E-state index contributed by atoms with van der Waals surface area (Å²) in [5.74, 6) is -0.860. The third kappa shape index (κ3) is 65.8. The minimum absolute atomic E-state index is 0.0712. The van der Waals surface area contributed by atoms with Gasteiger partial charge in [-0.05, 0) is 89.9 Å². The van der Waals surface area contributed by atoms with Crippen molar-refractivity contribution in [2.45, 2.75) is 374 Å². The van der Waals surface area contributed by atoms with Gasteiger partial charge in [-0.25, -0.2) is 0 Å². The first-order chi connectivity index (χ1) is 39.0. The molecule has 0 aliphatic heterocycles. The standard InChI is InChI=1S/C73H132O6/c1-4-7-10-13-16-18-20-22-24-26-28-30-32-34-36-38-40-42-44-46-48-50-52-54-57-60-63-66-72(75)78-69-70(68-77-71(74)65-62-59-56-15-12-9-6-3)79-73(76)67-64-61-58-55-53-51-49-47-45-43-41-39-37-35-33-31-29-27-25-23-21-19-17-14-11-8-5-2/h20-23,26-29,32,34,70H,4-19,24-25,30-31,33,35-69H2,1-3H3/b22-20-,23-21-,28-26-,29-27-,34-32-. The predicted molar refractivity (Wildman–Crippen MR) is 344 cm³/mol. The van der Waals surface area contributed by atoms with E-state index in [1.165, 1.54) is 250 Å². The number of hydrogen-bond acceptors (Lipinski definition) is 6. The lowest BCUT2D eigenvalue weighted by Crippen LogP contribution is -2.30. The second-order valence-electron chi connectivity index (χ2n) is 23.4. The Labute approximate surface area is 491 Å². The van der Waals surface area contributed by atoms with Gasteiger partial charge in [0.05, 0.1) is 0 Å². The zero-order valence-corrected chi connectivity index (χ0v) is 52.9. The molecule has 0 radical (unpaired) electrons. The van der Waals surface area contributed by atoms with Gasteiger partial charge in [-0.3, -0.25) is 14.4 Å². The zero-order chi connectivity index (χ0) is 57.1. The fourth-order valence-corrected chi connectivity index (χ4v) is 10.2. The highest BCUT2D eigenvalue weighted by Crippen LogP contribution is 2.18. The van der Waals surface area contributed by atoms with Crippen molar-refractivity contribution >= 4 is 17.9 Å². The Morgan fingerprint density at radius 1 is 0.253 bits per heavy atom. The van der Waals surface area contributed by atoms with E-state index >= 15 is 0 Å². The molecule has 6 heteroatoms. The number of hydrogen-bond donors (Lipinski definition) is 0. The molecule has 1 atom stereocenters. The van der Waals surface area contributed by atoms with Crippen LogP contribution in [-0.2, 0) is 28.6 Å². The Kier molecular flexibility index (Phi) is 65.1. The topological polar surface area (TPSA) is 78.9 Å². The van der Waals surface area contributed by atoms with Crippen molar-refractivity contribution in [3.05, 3.63) is 60.8 Å². The first-order valence-corrected chi connectivity index (χ1v) is 34.8. The van der Waals surface area contributed by atoms with Gasteiger partial charge in [-0.15, -0.1) is 0 Å². The molecule has 0 amide bonds. The van der Waals surface area contributed by atoms with Crippen LogP contribution in [0.4, 0.5) is 0 Å². The quantitative estimate of drug-likeness (QED) is 0.0261. The first kappa shape index (κ1) is 76.1. The summed E-state index contributed by atoms with van der Waals surface area (Å²) in [4.78, 5) is 38.2. The van der Waals surface area contributed by atoms with Crippen LogP contribution in [0.1, 0.15) is 367 Å². The van der Waals surface area contributed by atoms with Gasteiger partial charge >= 0.3 is 17.9 Å². The van der Waals surface area contributed by atoms with Gasteiger partial charge in [0.1, 0.15) is 13.2 Å². The monoisotopic (exact) mass is 1110 g/mol. The lowest BCUT2D eigenvalue weighted by atomic mass is 10.0. The molecule has 6 nitrogen and oxygen atoms in total. The number of esters is 3. The SMILES string of the molecule is CCCCCCC/C=C\C/C=C\C/C=C\CCCCCCCCCCCCCCC(=O)OCC(COC(=O)CCCCCCCCC)OC(=O)CCCCCCCCCCCCCCCCC/C=C\C/C=C\CCCCCCC. The van der Waals surface area contributed by atoms with Crippen molar-refractivity contribution in [1.29, 1.82) is 0 Å². The fourth-order valence-electron chi connectivity index (χ4n) is 10.2. The van der Waals surface area contributed by atoms with Gasteiger partial charge in [0.25, 0.3) is 0 Å². The third-order valence-electron chi connectivity index (χ3n) is 15.5. The molecule has 0 aliphatic carbocycles. The van der Waals surface area contributed by atoms with Gasteiger partial charge in [0, 0.05) is 19.3 Å². The molecule has 0 saturated heterocycles. The Bertz CT molecular complexity index is 1410. The average molecular weight is 1110 g/mol. The highest BCUT2D eigenvalue weighted by Gasteiger charge is 2.19. The van der Waals surface area contributed by atoms with Crippen molar-refractivity contribution in [2.24, 2.45) is 0 Å². The zero-order valence-electron chi connectivity index (χ0n) is 52.9. The first-order valence-electron chi connectivity index (χ1n) is 34.8. The minimum atomic E-state index is -0.772. The Balaban J connectivity index is 4.07. The normalized spacial score (nSPS) is 12.4. The largest absolute Gasteiger partial charge is 0.462 e. The summed E-state index contributed by atoms with van der Waals surface area (Å²) in [7, 11) is 0. The van der Waals surface area contributed by atoms with Crippen LogP contribution in [0.5, 0.6) is 0 Å². The maximum atomic E-state index is 12.9. The molecule has 0 heterocycles. The molecule has 0 N–H and O–H groups in total. The number of rotatable bonds is 64. The molecular weight excluding hydrogens is 973 g/mol. The summed E-state index contributed by atoms with van der Waals surface area (Å²) in [5, 5.41) is 0. The molecule has 0 saturated carbocycles. The number of allylic oxidation sites excluding steroid dienone is 10. The number of ether oxygens (including phenoxy) is 3. The van der Waals surface area contributed by atoms with Crippen LogP contribution in [0.2, 0.25) is 0 Å². The summed E-state index contributed by atoms with van der Waals surface area (Å²) in [5.41, 5.74) is 0. The van der Waals surface area contributed by atoms with E-state index < -0.39 is 6.10 Å². The maximum Gasteiger partial charge on any atom is 0.306 e. The minimum Gasteiger partial charge on any atom is -0.462 e. The Morgan fingerprint density at radius 2 is 0.456 bits per heavy atom. The summed E-state index contributed by atoms with van der Waals surface area (Å²) >= 11 is 0. The highest BCUT2D eigenvalue weighted by atomic mass is 16.6. The van der Waals surface area contributed by atoms with Crippen LogP contribution in [0.15, 0.2) is 60.8 Å². The van der Waals surface area contributed by atoms with Gasteiger partial charge in [-0.2, -0.15) is 0 Å². The second kappa shape index (κ2) is 67.6. The van der Waals surface area contributed by atoms with E-state index in [0.29, 0.717) is 19.3 Å². The maximum absolute atomic E-state index is 12.9. The van der Waals surface area contributed by atoms with Gasteiger partial charge in [-0.1, -0.05) is 319 Å². The predicted octanol–water partition coefficient (Wildman–Crippen LogP) is 23.9. The van der Waals surface area contributed by atoms with E-state index in [1.54, 1.807) is 0 Å². The molecule has 0 fully saturated rings. The van der Waals surface area contributed by atoms with Crippen LogP contribution in [0, 0.1) is 0 Å². The smallest absolute Gasteiger partial charge is 0.306 e. The number of carbonyl (C=O) groups excluding carboxylic acids is 3. The molecule has 0 aromatic heterocycles. The van der Waals surface area contributed by atoms with E-state index in [-0.39, 0.29) is 31.1 Å². The van der Waals surface area contributed by atoms with Gasteiger partial charge in [0.15, 0.2) is 6.10 Å². The van der Waals surface area contributed by atoms with E-state index in [2.05, 4.69) is 81.5 Å². The van der Waals surface area contributed by atoms with E-state index in [4.69, 9.17) is 14.2 Å². The van der Waals surface area contributed by atoms with Gasteiger partial charge < -0.3 is 14.2 Å². The molecule has 0 spiro atoms. The van der Waals surface area contributed by atoms with Crippen LogP contribution in [0.3, 0.4) is 0 Å². The van der Waals surface area contributed by atoms with E-state index in [1.807, 2.05) is 0 Å². The van der Waals surface area contributed by atoms with Crippen molar-refractivity contribution < 1.29 is 28.6 Å². The highest BCUT2D eigenvalue weighted by molar-refractivity contribution is 5.71. The van der Waals surface area contributed by atoms with Gasteiger partial charge in [0.2, 0.25) is 0 Å². The number of unbranched alkanes of at least 4 members (excludes halogenated alkanes) is 43. The summed E-state index contributed by atoms with van der Waals surface area (Å²) in [6.07, 6.45) is 87.0. The lowest BCUT2D eigenvalue weighted by Gasteiger charge is -2.18. The third-order valence-corrected chi connectivity index (χ3v) is 15.5.